The largest absolute Gasteiger partial charge is 0.338 e. The molecule has 0 amide bonds. The van der Waals surface area contributed by atoms with Gasteiger partial charge < -0.3 is 10.3 Å². The van der Waals surface area contributed by atoms with Gasteiger partial charge in [-0.25, -0.2) is 4.98 Å². The second-order valence-electron chi connectivity index (χ2n) is 5.21. The van der Waals surface area contributed by atoms with E-state index in [1.165, 1.54) is 4.88 Å². The van der Waals surface area contributed by atoms with Gasteiger partial charge in [-0.15, -0.1) is 48.6 Å². The van der Waals surface area contributed by atoms with Crippen molar-refractivity contribution in [3.05, 3.63) is 27.8 Å². The van der Waals surface area contributed by atoms with Gasteiger partial charge in [0.2, 0.25) is 5.89 Å². The molecule has 0 unspecified atom stereocenters. The summed E-state index contributed by atoms with van der Waals surface area (Å²) in [5, 5.41) is 5.08. The number of hydrogen-bond donors (Lipinski definition) is 1. The summed E-state index contributed by atoms with van der Waals surface area (Å²) in [5.41, 5.74) is 5.47. The molecule has 1 aliphatic heterocycles. The van der Waals surface area contributed by atoms with Gasteiger partial charge >= 0.3 is 0 Å². The number of nitrogens with two attached hydrogens (primary N) is 1. The average Bonchev–Trinajstić information content (AvgIpc) is 3.10. The SMILES string of the molecule is Cc1ncc(CN2CCN(Cc3noc(CN)n3)CC2)s1.Cl.Cl.Cl. The van der Waals surface area contributed by atoms with Crippen LogP contribution in [0, 0.1) is 6.92 Å². The van der Waals surface area contributed by atoms with Crippen molar-refractivity contribution in [2.75, 3.05) is 26.2 Å². The minimum Gasteiger partial charge on any atom is -0.338 e. The van der Waals surface area contributed by atoms with Crippen LogP contribution >= 0.6 is 48.6 Å². The highest BCUT2D eigenvalue weighted by Crippen LogP contribution is 2.15. The maximum atomic E-state index is 5.47. The number of nitrogens with zero attached hydrogens (tertiary/aromatic N) is 5. The monoisotopic (exact) mass is 416 g/mol. The molecular weight excluding hydrogens is 395 g/mol. The molecule has 7 nitrogen and oxygen atoms in total. The first-order valence-electron chi connectivity index (χ1n) is 7.10. The van der Waals surface area contributed by atoms with E-state index in [0.717, 1.165) is 50.1 Å². The summed E-state index contributed by atoms with van der Waals surface area (Å²) in [6, 6.07) is 0. The third kappa shape index (κ3) is 6.44. The Hall–Kier alpha value is -0.480. The molecule has 24 heavy (non-hydrogen) atoms. The van der Waals surface area contributed by atoms with E-state index in [1.807, 2.05) is 13.1 Å². The second kappa shape index (κ2) is 11.2. The van der Waals surface area contributed by atoms with Crippen molar-refractivity contribution in [1.29, 1.82) is 0 Å². The van der Waals surface area contributed by atoms with Gasteiger partial charge in [0, 0.05) is 43.8 Å². The van der Waals surface area contributed by atoms with Gasteiger partial charge in [-0.3, -0.25) is 9.80 Å². The van der Waals surface area contributed by atoms with Crippen molar-refractivity contribution in [1.82, 2.24) is 24.9 Å². The van der Waals surface area contributed by atoms with E-state index < -0.39 is 0 Å². The lowest BCUT2D eigenvalue weighted by Crippen LogP contribution is -2.45. The Morgan fingerprint density at radius 2 is 1.75 bits per heavy atom. The Bertz CT molecular complexity index is 588. The molecule has 0 bridgehead atoms. The van der Waals surface area contributed by atoms with E-state index >= 15 is 0 Å². The van der Waals surface area contributed by atoms with Crippen molar-refractivity contribution >= 4 is 48.6 Å². The number of hydrogen-bond acceptors (Lipinski definition) is 8. The zero-order chi connectivity index (χ0) is 14.7. The summed E-state index contributed by atoms with van der Waals surface area (Å²) >= 11 is 1.78. The Kier molecular flexibility index (Phi) is 11.0. The molecule has 11 heteroatoms. The summed E-state index contributed by atoms with van der Waals surface area (Å²) in [6.07, 6.45) is 1.99. The van der Waals surface area contributed by atoms with Crippen LogP contribution < -0.4 is 5.73 Å². The summed E-state index contributed by atoms with van der Waals surface area (Å²) in [7, 11) is 0. The predicted molar refractivity (Wildman–Crippen MR) is 101 cm³/mol. The lowest BCUT2D eigenvalue weighted by atomic mass is 10.3. The predicted octanol–water partition coefficient (Wildman–Crippen LogP) is 1.88. The van der Waals surface area contributed by atoms with Crippen LogP contribution in [-0.2, 0) is 19.6 Å². The molecule has 1 saturated heterocycles. The van der Waals surface area contributed by atoms with Crippen molar-refractivity contribution in [2.45, 2.75) is 26.6 Å². The molecule has 0 spiro atoms. The van der Waals surface area contributed by atoms with E-state index in [2.05, 4.69) is 24.9 Å². The number of aromatic nitrogens is 3. The van der Waals surface area contributed by atoms with E-state index in [9.17, 15) is 0 Å². The third-order valence-corrected chi connectivity index (χ3v) is 4.46. The first-order valence-corrected chi connectivity index (χ1v) is 7.92. The number of thiazole rings is 1. The van der Waals surface area contributed by atoms with Crippen LogP contribution in [0.3, 0.4) is 0 Å². The van der Waals surface area contributed by atoms with Crippen molar-refractivity contribution < 1.29 is 4.52 Å². The zero-order valence-corrected chi connectivity index (χ0v) is 16.6. The lowest BCUT2D eigenvalue weighted by molar-refractivity contribution is 0.120. The topological polar surface area (TPSA) is 84.3 Å². The summed E-state index contributed by atoms with van der Waals surface area (Å²) in [4.78, 5) is 14.7. The van der Waals surface area contributed by atoms with Crippen LogP contribution in [0.2, 0.25) is 0 Å². The molecule has 0 atom stereocenters. The number of aryl methyl sites for hydroxylation is 1. The van der Waals surface area contributed by atoms with Crippen molar-refractivity contribution in [3.63, 3.8) is 0 Å². The molecule has 0 aliphatic carbocycles. The molecule has 0 saturated carbocycles. The van der Waals surface area contributed by atoms with Crippen LogP contribution in [0.25, 0.3) is 0 Å². The Balaban J connectivity index is 0.00000176. The van der Waals surface area contributed by atoms with Crippen LogP contribution in [0.1, 0.15) is 21.6 Å². The highest BCUT2D eigenvalue weighted by molar-refractivity contribution is 7.11. The van der Waals surface area contributed by atoms with Crippen LogP contribution in [0.15, 0.2) is 10.7 Å². The van der Waals surface area contributed by atoms with Crippen LogP contribution in [-0.4, -0.2) is 51.1 Å². The minimum atomic E-state index is 0. The molecular formula is C13H23Cl3N6OS. The molecule has 3 rings (SSSR count). The summed E-state index contributed by atoms with van der Waals surface area (Å²) < 4.78 is 5.03. The first-order chi connectivity index (χ1) is 10.2. The average molecular weight is 418 g/mol. The van der Waals surface area contributed by atoms with Crippen molar-refractivity contribution in [3.8, 4) is 0 Å². The van der Waals surface area contributed by atoms with Crippen molar-refractivity contribution in [2.24, 2.45) is 5.73 Å². The molecule has 138 valence electrons. The Morgan fingerprint density at radius 1 is 1.12 bits per heavy atom. The molecule has 0 radical (unpaired) electrons. The van der Waals surface area contributed by atoms with E-state index in [0.29, 0.717) is 12.4 Å². The fourth-order valence-electron chi connectivity index (χ4n) is 2.44. The maximum absolute atomic E-state index is 5.47. The van der Waals surface area contributed by atoms with Gasteiger partial charge in [0.15, 0.2) is 5.82 Å². The summed E-state index contributed by atoms with van der Waals surface area (Å²) in [6.45, 7) is 8.23. The van der Waals surface area contributed by atoms with Gasteiger partial charge in [0.1, 0.15) is 0 Å². The molecule has 3 heterocycles. The highest BCUT2D eigenvalue weighted by atomic mass is 35.5. The molecule has 1 fully saturated rings. The van der Waals surface area contributed by atoms with Crippen LogP contribution in [0.5, 0.6) is 0 Å². The molecule has 1 aliphatic rings. The Labute approximate surface area is 164 Å². The fourth-order valence-corrected chi connectivity index (χ4v) is 3.28. The van der Waals surface area contributed by atoms with Gasteiger partial charge in [-0.1, -0.05) is 5.16 Å². The molecule has 2 aromatic rings. The minimum absolute atomic E-state index is 0. The number of rotatable bonds is 5. The van der Waals surface area contributed by atoms with Gasteiger partial charge in [-0.05, 0) is 6.92 Å². The van der Waals surface area contributed by atoms with Gasteiger partial charge in [-0.2, -0.15) is 4.98 Å². The normalized spacial score (nSPS) is 15.2. The van der Waals surface area contributed by atoms with Gasteiger partial charge in [0.25, 0.3) is 0 Å². The third-order valence-electron chi connectivity index (χ3n) is 3.56. The zero-order valence-electron chi connectivity index (χ0n) is 13.4. The van der Waals surface area contributed by atoms with Crippen LogP contribution in [0.4, 0.5) is 0 Å². The number of halogens is 3. The second-order valence-corrected chi connectivity index (χ2v) is 6.53. The standard InChI is InChI=1S/C13H20N6OS.3ClH/c1-10-15-7-11(21-10)8-18-2-4-19(5-3-18)9-12-16-13(6-14)20-17-12;;;/h7H,2-6,8-9,14H2,1H3;3*1H. The summed E-state index contributed by atoms with van der Waals surface area (Å²) in [5.74, 6) is 1.23. The quantitative estimate of drug-likeness (QED) is 0.795. The smallest absolute Gasteiger partial charge is 0.240 e. The fraction of sp³-hybridized carbons (Fsp3) is 0.615. The molecule has 2 aromatic heterocycles. The maximum Gasteiger partial charge on any atom is 0.240 e. The van der Waals surface area contributed by atoms with E-state index in [-0.39, 0.29) is 37.2 Å². The molecule has 0 aromatic carbocycles. The first kappa shape index (κ1) is 23.5. The van der Waals surface area contributed by atoms with Gasteiger partial charge in [0.05, 0.1) is 18.1 Å². The lowest BCUT2D eigenvalue weighted by Gasteiger charge is -2.33. The Morgan fingerprint density at radius 3 is 2.25 bits per heavy atom. The van der Waals surface area contributed by atoms with E-state index in [4.69, 9.17) is 10.3 Å². The van der Waals surface area contributed by atoms with E-state index in [1.54, 1.807) is 11.3 Å². The highest BCUT2D eigenvalue weighted by Gasteiger charge is 2.19. The molecule has 2 N–H and O–H groups in total. The number of piperazine rings is 1.